The third kappa shape index (κ3) is 2.78. The fraction of sp³-hybridized carbons (Fsp3) is 0.533. The Morgan fingerprint density at radius 2 is 2.00 bits per heavy atom. The smallest absolute Gasteiger partial charge is 0.335 e. The molecule has 0 spiro atoms. The predicted molar refractivity (Wildman–Crippen MR) is 76.6 cm³/mol. The van der Waals surface area contributed by atoms with Gasteiger partial charge >= 0.3 is 5.97 Å². The summed E-state index contributed by atoms with van der Waals surface area (Å²) < 4.78 is 5.35. The molecule has 0 radical (unpaired) electrons. The number of carboxylic acid groups (broad SMARTS) is 1. The van der Waals surface area contributed by atoms with Gasteiger partial charge in [-0.05, 0) is 30.2 Å². The molecule has 5 nitrogen and oxygen atoms in total. The van der Waals surface area contributed by atoms with Crippen molar-refractivity contribution in [1.29, 1.82) is 0 Å². The third-order valence-corrected chi connectivity index (χ3v) is 4.11. The van der Waals surface area contributed by atoms with Gasteiger partial charge in [0.1, 0.15) is 0 Å². The molecule has 1 aromatic rings. The number of carbonyl (C=O) groups is 1. The summed E-state index contributed by atoms with van der Waals surface area (Å²) in [7, 11) is 0. The molecule has 0 aliphatic carbocycles. The Morgan fingerprint density at radius 3 is 2.75 bits per heavy atom. The van der Waals surface area contributed by atoms with Gasteiger partial charge in [-0.15, -0.1) is 0 Å². The quantitative estimate of drug-likeness (QED) is 0.892. The Bertz CT molecular complexity index is 498. The zero-order valence-electron chi connectivity index (χ0n) is 11.5. The first-order valence-electron chi connectivity index (χ1n) is 7.15. The average molecular weight is 276 g/mol. The van der Waals surface area contributed by atoms with Crippen molar-refractivity contribution in [3.63, 3.8) is 0 Å². The lowest BCUT2D eigenvalue weighted by Gasteiger charge is -2.29. The lowest BCUT2D eigenvalue weighted by molar-refractivity contribution is 0.0392. The molecule has 0 atom stereocenters. The fourth-order valence-electron chi connectivity index (χ4n) is 2.92. The highest BCUT2D eigenvalue weighted by atomic mass is 16.5. The Hall–Kier alpha value is -1.59. The molecule has 1 fully saturated rings. The molecular formula is C15H20N2O3. The lowest BCUT2D eigenvalue weighted by Crippen LogP contribution is -2.41. The van der Waals surface area contributed by atoms with Crippen molar-refractivity contribution in [2.24, 2.45) is 0 Å². The first-order valence-corrected chi connectivity index (χ1v) is 7.15. The molecule has 2 aliphatic heterocycles. The minimum absolute atomic E-state index is 0.388. The van der Waals surface area contributed by atoms with E-state index in [9.17, 15) is 4.79 Å². The van der Waals surface area contributed by atoms with Crippen LogP contribution in [-0.4, -0.2) is 61.9 Å². The number of ether oxygens (including phenoxy) is 1. The van der Waals surface area contributed by atoms with Crippen LogP contribution in [0.15, 0.2) is 18.2 Å². The summed E-state index contributed by atoms with van der Waals surface area (Å²) in [5.41, 5.74) is 2.74. The minimum atomic E-state index is -0.848. The number of morpholine rings is 1. The molecule has 1 N–H and O–H groups in total. The summed E-state index contributed by atoms with van der Waals surface area (Å²) in [6, 6.07) is 5.46. The van der Waals surface area contributed by atoms with Crippen LogP contribution in [-0.2, 0) is 11.2 Å². The monoisotopic (exact) mass is 276 g/mol. The van der Waals surface area contributed by atoms with Gasteiger partial charge in [-0.2, -0.15) is 0 Å². The van der Waals surface area contributed by atoms with E-state index in [-0.39, 0.29) is 0 Å². The molecule has 0 saturated carbocycles. The van der Waals surface area contributed by atoms with E-state index in [0.29, 0.717) is 5.56 Å². The van der Waals surface area contributed by atoms with Crippen LogP contribution in [0.4, 0.5) is 5.69 Å². The number of hydrogen-bond donors (Lipinski definition) is 1. The lowest BCUT2D eigenvalue weighted by atomic mass is 10.1. The van der Waals surface area contributed by atoms with Gasteiger partial charge in [-0.3, -0.25) is 4.90 Å². The van der Waals surface area contributed by atoms with Crippen molar-refractivity contribution in [3.05, 3.63) is 29.3 Å². The molecule has 0 aromatic heterocycles. The third-order valence-electron chi connectivity index (χ3n) is 4.11. The summed E-state index contributed by atoms with van der Waals surface area (Å²) in [6.07, 6.45) is 0.944. The van der Waals surface area contributed by atoms with Gasteiger partial charge < -0.3 is 14.7 Å². The number of aromatic carboxylic acids is 1. The van der Waals surface area contributed by atoms with E-state index in [4.69, 9.17) is 9.84 Å². The molecule has 2 aliphatic rings. The number of nitrogens with zero attached hydrogens (tertiary/aromatic N) is 2. The number of rotatable bonds is 4. The summed E-state index contributed by atoms with van der Waals surface area (Å²) in [5, 5.41) is 9.02. The first-order chi connectivity index (χ1) is 9.74. The molecule has 1 aromatic carbocycles. The number of hydrogen-bond acceptors (Lipinski definition) is 4. The van der Waals surface area contributed by atoms with Gasteiger partial charge in [0.05, 0.1) is 18.8 Å². The Balaban J connectivity index is 1.62. The Kier molecular flexibility index (Phi) is 3.89. The van der Waals surface area contributed by atoms with Crippen molar-refractivity contribution < 1.29 is 14.6 Å². The van der Waals surface area contributed by atoms with Crippen LogP contribution in [0.2, 0.25) is 0 Å². The van der Waals surface area contributed by atoms with Gasteiger partial charge in [0.15, 0.2) is 0 Å². The molecule has 2 heterocycles. The molecule has 20 heavy (non-hydrogen) atoms. The molecule has 0 unspecified atom stereocenters. The van der Waals surface area contributed by atoms with Crippen LogP contribution >= 0.6 is 0 Å². The van der Waals surface area contributed by atoms with Crippen molar-refractivity contribution in [2.75, 3.05) is 50.8 Å². The van der Waals surface area contributed by atoms with E-state index in [1.165, 1.54) is 5.69 Å². The van der Waals surface area contributed by atoms with Crippen LogP contribution in [0.1, 0.15) is 15.9 Å². The second kappa shape index (κ2) is 5.81. The van der Waals surface area contributed by atoms with Crippen LogP contribution in [0.3, 0.4) is 0 Å². The largest absolute Gasteiger partial charge is 0.478 e. The van der Waals surface area contributed by atoms with E-state index >= 15 is 0 Å². The molecule has 0 bridgehead atoms. The topological polar surface area (TPSA) is 53.0 Å². The molecule has 5 heteroatoms. The Morgan fingerprint density at radius 1 is 1.20 bits per heavy atom. The van der Waals surface area contributed by atoms with Crippen molar-refractivity contribution in [2.45, 2.75) is 6.42 Å². The van der Waals surface area contributed by atoms with Gasteiger partial charge in [-0.1, -0.05) is 0 Å². The van der Waals surface area contributed by atoms with Crippen molar-refractivity contribution >= 4 is 11.7 Å². The highest BCUT2D eigenvalue weighted by Gasteiger charge is 2.21. The minimum Gasteiger partial charge on any atom is -0.478 e. The maximum Gasteiger partial charge on any atom is 0.335 e. The predicted octanol–water partition coefficient (Wildman–Crippen LogP) is 1.08. The Labute approximate surface area is 118 Å². The number of anilines is 1. The molecule has 0 amide bonds. The summed E-state index contributed by atoms with van der Waals surface area (Å²) in [6.45, 7) is 6.72. The van der Waals surface area contributed by atoms with Gasteiger partial charge in [0.2, 0.25) is 0 Å². The normalized spacial score (nSPS) is 19.1. The standard InChI is InChI=1S/C15H20N2O3/c18-15(19)13-1-2-14-12(11-13)3-4-17(14)6-5-16-7-9-20-10-8-16/h1-2,11H,3-10H2,(H,18,19). The summed E-state index contributed by atoms with van der Waals surface area (Å²) in [4.78, 5) is 15.8. The SMILES string of the molecule is O=C(O)c1ccc2c(c1)CCN2CCN1CCOCC1. The highest BCUT2D eigenvalue weighted by molar-refractivity contribution is 5.88. The summed E-state index contributed by atoms with van der Waals surface area (Å²) in [5.74, 6) is -0.848. The molecule has 3 rings (SSSR count). The van der Waals surface area contributed by atoms with Crippen LogP contribution in [0.5, 0.6) is 0 Å². The van der Waals surface area contributed by atoms with E-state index in [2.05, 4.69) is 9.80 Å². The number of benzene rings is 1. The zero-order valence-corrected chi connectivity index (χ0v) is 11.5. The van der Waals surface area contributed by atoms with Gasteiger partial charge in [0, 0.05) is 38.4 Å². The second-order valence-corrected chi connectivity index (χ2v) is 5.34. The summed E-state index contributed by atoms with van der Waals surface area (Å²) >= 11 is 0. The molecular weight excluding hydrogens is 256 g/mol. The fourth-order valence-corrected chi connectivity index (χ4v) is 2.92. The maximum atomic E-state index is 11.0. The first kappa shape index (κ1) is 13.4. The van der Waals surface area contributed by atoms with Crippen LogP contribution < -0.4 is 4.90 Å². The van der Waals surface area contributed by atoms with E-state index in [1.54, 1.807) is 6.07 Å². The number of fused-ring (bicyclic) bond motifs is 1. The highest BCUT2D eigenvalue weighted by Crippen LogP contribution is 2.28. The van der Waals surface area contributed by atoms with E-state index < -0.39 is 5.97 Å². The van der Waals surface area contributed by atoms with E-state index in [0.717, 1.165) is 57.9 Å². The zero-order chi connectivity index (χ0) is 13.9. The maximum absolute atomic E-state index is 11.0. The van der Waals surface area contributed by atoms with Gasteiger partial charge in [-0.25, -0.2) is 4.79 Å². The molecule has 1 saturated heterocycles. The second-order valence-electron chi connectivity index (χ2n) is 5.34. The van der Waals surface area contributed by atoms with E-state index in [1.807, 2.05) is 12.1 Å². The average Bonchev–Trinajstić information content (AvgIpc) is 2.88. The molecule has 108 valence electrons. The van der Waals surface area contributed by atoms with Crippen molar-refractivity contribution in [1.82, 2.24) is 4.90 Å². The van der Waals surface area contributed by atoms with Gasteiger partial charge in [0.25, 0.3) is 0 Å². The van der Waals surface area contributed by atoms with Crippen LogP contribution in [0, 0.1) is 0 Å². The van der Waals surface area contributed by atoms with Crippen molar-refractivity contribution in [3.8, 4) is 0 Å². The van der Waals surface area contributed by atoms with Crippen LogP contribution in [0.25, 0.3) is 0 Å². The number of carboxylic acids is 1.